The quantitative estimate of drug-likeness (QED) is 0.606. The molecule has 0 aliphatic heterocycles. The minimum atomic E-state index is 0.961. The van der Waals surface area contributed by atoms with Gasteiger partial charge in [0.15, 0.2) is 0 Å². The molecule has 0 aromatic carbocycles. The van der Waals surface area contributed by atoms with Gasteiger partial charge in [-0.3, -0.25) is 0 Å². The van der Waals surface area contributed by atoms with Gasteiger partial charge in [-0.1, -0.05) is 0 Å². The number of fused-ring (bicyclic) bond motifs is 1. The lowest BCUT2D eigenvalue weighted by Crippen LogP contribution is -1.79. The Morgan fingerprint density at radius 3 is 2.73 bits per heavy atom. The second-order valence-corrected chi connectivity index (χ2v) is 2.94. The van der Waals surface area contributed by atoms with Gasteiger partial charge in [0.2, 0.25) is 0 Å². The summed E-state index contributed by atoms with van der Waals surface area (Å²) in [4.78, 5) is 3.20. The van der Waals surface area contributed by atoms with E-state index in [1.165, 1.54) is 11.1 Å². The molecule has 58 valence electrons. The summed E-state index contributed by atoms with van der Waals surface area (Å²) in [5, 5.41) is 4.26. The summed E-state index contributed by atoms with van der Waals surface area (Å²) in [5.41, 5.74) is 3.68. The van der Waals surface area contributed by atoms with Crippen molar-refractivity contribution in [3.63, 3.8) is 0 Å². The molecule has 2 aromatic rings. The molecule has 0 amide bonds. The Hall–Kier alpha value is -1.25. The van der Waals surface area contributed by atoms with E-state index in [2.05, 4.69) is 23.9 Å². The maximum absolute atomic E-state index is 4.26. The number of rotatable bonds is 0. The molecule has 1 N–H and O–H groups in total. The number of H-pyrrole nitrogens is 1. The van der Waals surface area contributed by atoms with Crippen molar-refractivity contribution in [2.24, 2.45) is 0 Å². The Balaban J connectivity index is 2.88. The van der Waals surface area contributed by atoms with Gasteiger partial charge in [0.05, 0.1) is 0 Å². The lowest BCUT2D eigenvalue weighted by atomic mass is 10.2. The Bertz CT molecular complexity index is 395. The highest BCUT2D eigenvalue weighted by Gasteiger charge is 2.04. The summed E-state index contributed by atoms with van der Waals surface area (Å²) in [6, 6.07) is 0. The van der Waals surface area contributed by atoms with Crippen LogP contribution in [0.25, 0.3) is 5.65 Å². The molecule has 0 spiro atoms. The van der Waals surface area contributed by atoms with Crippen molar-refractivity contribution in [3.05, 3.63) is 23.1 Å². The molecule has 0 radical (unpaired) electrons. The molecule has 0 unspecified atom stereocenters. The number of hydrogen-bond donors (Lipinski definition) is 1. The predicted molar refractivity (Wildman–Crippen MR) is 43.8 cm³/mol. The summed E-state index contributed by atoms with van der Waals surface area (Å²) < 4.78 is 1.89. The van der Waals surface area contributed by atoms with E-state index in [0.29, 0.717) is 0 Å². The maximum atomic E-state index is 4.26. The van der Waals surface area contributed by atoms with Crippen LogP contribution in [0, 0.1) is 20.8 Å². The lowest BCUT2D eigenvalue weighted by Gasteiger charge is -1.84. The lowest BCUT2D eigenvalue weighted by molar-refractivity contribution is 0.937. The van der Waals surface area contributed by atoms with Crippen LogP contribution in [0.4, 0.5) is 0 Å². The monoisotopic (exact) mass is 149 g/mol. The van der Waals surface area contributed by atoms with E-state index in [1.807, 2.05) is 17.6 Å². The van der Waals surface area contributed by atoms with Crippen molar-refractivity contribution in [2.45, 2.75) is 20.8 Å². The number of nitrogens with one attached hydrogen (secondary N) is 1. The molecule has 0 bridgehead atoms. The molecule has 2 aromatic heterocycles. The van der Waals surface area contributed by atoms with Crippen LogP contribution in [-0.2, 0) is 0 Å². The third kappa shape index (κ3) is 0.770. The molecule has 0 fully saturated rings. The fraction of sp³-hybridized carbons (Fsp3) is 0.375. The zero-order valence-electron chi connectivity index (χ0n) is 6.97. The van der Waals surface area contributed by atoms with Crippen molar-refractivity contribution >= 4 is 5.65 Å². The molecule has 11 heavy (non-hydrogen) atoms. The third-order valence-corrected chi connectivity index (χ3v) is 2.05. The van der Waals surface area contributed by atoms with Crippen LogP contribution in [0.2, 0.25) is 0 Å². The number of aromatic amines is 1. The van der Waals surface area contributed by atoms with Crippen LogP contribution < -0.4 is 0 Å². The van der Waals surface area contributed by atoms with Crippen LogP contribution in [0.3, 0.4) is 0 Å². The fourth-order valence-electron chi connectivity index (χ4n) is 1.29. The average molecular weight is 149 g/mol. The molecule has 0 atom stereocenters. The largest absolute Gasteiger partial charge is 0.327 e. The Morgan fingerprint density at radius 2 is 2.09 bits per heavy atom. The van der Waals surface area contributed by atoms with Crippen molar-refractivity contribution in [3.8, 4) is 0 Å². The second kappa shape index (κ2) is 1.87. The summed E-state index contributed by atoms with van der Waals surface area (Å²) in [6.45, 7) is 6.15. The first-order valence-electron chi connectivity index (χ1n) is 3.69. The molecule has 3 heteroatoms. The minimum absolute atomic E-state index is 0.961. The summed E-state index contributed by atoms with van der Waals surface area (Å²) in [7, 11) is 0. The van der Waals surface area contributed by atoms with E-state index in [9.17, 15) is 0 Å². The van der Waals surface area contributed by atoms with Crippen molar-refractivity contribution in [2.75, 3.05) is 0 Å². The van der Waals surface area contributed by atoms with Gasteiger partial charge in [-0.25, -0.2) is 4.52 Å². The van der Waals surface area contributed by atoms with Gasteiger partial charge in [0.25, 0.3) is 0 Å². The zero-order chi connectivity index (χ0) is 8.01. The van der Waals surface area contributed by atoms with Crippen LogP contribution in [-0.4, -0.2) is 14.6 Å². The molecule has 0 saturated carbocycles. The van der Waals surface area contributed by atoms with Crippen molar-refractivity contribution in [1.29, 1.82) is 0 Å². The first-order chi connectivity index (χ1) is 5.18. The molecule has 2 heterocycles. The van der Waals surface area contributed by atoms with E-state index in [4.69, 9.17) is 0 Å². The van der Waals surface area contributed by atoms with Gasteiger partial charge in [-0.05, 0) is 31.9 Å². The third-order valence-electron chi connectivity index (χ3n) is 2.05. The van der Waals surface area contributed by atoms with Gasteiger partial charge >= 0.3 is 0 Å². The topological polar surface area (TPSA) is 33.1 Å². The zero-order valence-corrected chi connectivity index (χ0v) is 6.97. The van der Waals surface area contributed by atoms with Gasteiger partial charge in [0.1, 0.15) is 11.5 Å². The van der Waals surface area contributed by atoms with Crippen LogP contribution in [0.5, 0.6) is 0 Å². The number of hydrogen-bond acceptors (Lipinski definition) is 1. The Kier molecular flexibility index (Phi) is 1.10. The minimum Gasteiger partial charge on any atom is -0.327 e. The van der Waals surface area contributed by atoms with E-state index in [-0.39, 0.29) is 0 Å². The van der Waals surface area contributed by atoms with Gasteiger partial charge in [-0.15, -0.1) is 0 Å². The van der Waals surface area contributed by atoms with E-state index < -0.39 is 0 Å². The normalized spacial score (nSPS) is 11.2. The molecule has 3 nitrogen and oxygen atoms in total. The summed E-state index contributed by atoms with van der Waals surface area (Å²) in [6.07, 6.45) is 2.04. The Labute approximate surface area is 65.0 Å². The van der Waals surface area contributed by atoms with Crippen molar-refractivity contribution in [1.82, 2.24) is 14.6 Å². The second-order valence-electron chi connectivity index (χ2n) is 2.94. The summed E-state index contributed by atoms with van der Waals surface area (Å²) >= 11 is 0. The average Bonchev–Trinajstić information content (AvgIpc) is 2.37. The highest BCUT2D eigenvalue weighted by molar-refractivity contribution is 5.51. The van der Waals surface area contributed by atoms with E-state index in [1.54, 1.807) is 0 Å². The van der Waals surface area contributed by atoms with Crippen LogP contribution >= 0.6 is 0 Å². The van der Waals surface area contributed by atoms with Gasteiger partial charge in [-0.2, -0.15) is 5.10 Å². The first kappa shape index (κ1) is 6.46. The molecule has 0 saturated heterocycles. The molecule has 2 rings (SSSR count). The smallest absolute Gasteiger partial charge is 0.136 e. The number of aromatic nitrogens is 3. The van der Waals surface area contributed by atoms with Crippen molar-refractivity contribution < 1.29 is 0 Å². The SMILES string of the molecule is Cc1nn2cc(C)c(C)c2[nH]1. The summed E-state index contributed by atoms with van der Waals surface area (Å²) in [5.74, 6) is 0.961. The standard InChI is InChI=1S/C8H11N3/c1-5-4-11-8(6(5)2)9-7(3)10-11/h4H,1-3H3,(H,9,10). The first-order valence-corrected chi connectivity index (χ1v) is 3.69. The molecule has 0 aliphatic carbocycles. The highest BCUT2D eigenvalue weighted by Crippen LogP contribution is 2.13. The van der Waals surface area contributed by atoms with Gasteiger partial charge in [0, 0.05) is 6.20 Å². The van der Waals surface area contributed by atoms with E-state index >= 15 is 0 Å². The molecular weight excluding hydrogens is 138 g/mol. The van der Waals surface area contributed by atoms with Crippen LogP contribution in [0.1, 0.15) is 17.0 Å². The van der Waals surface area contributed by atoms with Crippen LogP contribution in [0.15, 0.2) is 6.20 Å². The Morgan fingerprint density at radius 1 is 1.36 bits per heavy atom. The predicted octanol–water partition coefficient (Wildman–Crippen LogP) is 1.59. The van der Waals surface area contributed by atoms with Gasteiger partial charge < -0.3 is 4.98 Å². The van der Waals surface area contributed by atoms with E-state index in [0.717, 1.165) is 11.5 Å². The molecule has 0 aliphatic rings. The fourth-order valence-corrected chi connectivity index (χ4v) is 1.29. The highest BCUT2D eigenvalue weighted by atomic mass is 15.3. The number of nitrogens with zero attached hydrogens (tertiary/aromatic N) is 2. The molecular formula is C8H11N3. The number of aryl methyl sites for hydroxylation is 3. The maximum Gasteiger partial charge on any atom is 0.136 e.